The lowest BCUT2D eigenvalue weighted by molar-refractivity contribution is -0.136. The number of nitrogens with two attached hydrogens (primary N) is 1. The minimum Gasteiger partial charge on any atom is -0.481 e. The van der Waals surface area contributed by atoms with Crippen LogP contribution in [0.25, 0.3) is 0 Å². The molecule has 0 saturated carbocycles. The SMILES string of the molecule is Nc1ccc(Cl)cc1SCCC(=O)O. The Bertz CT molecular complexity index is 344. The van der Waals surface area contributed by atoms with Crippen LogP contribution in [0.15, 0.2) is 23.1 Å². The Balaban J connectivity index is 2.57. The molecule has 1 aromatic carbocycles. The van der Waals surface area contributed by atoms with E-state index >= 15 is 0 Å². The van der Waals surface area contributed by atoms with Gasteiger partial charge >= 0.3 is 5.97 Å². The maximum atomic E-state index is 10.3. The van der Waals surface area contributed by atoms with Gasteiger partial charge < -0.3 is 10.8 Å². The average Bonchev–Trinajstić information content (AvgIpc) is 2.10. The zero-order valence-electron chi connectivity index (χ0n) is 7.37. The summed E-state index contributed by atoms with van der Waals surface area (Å²) < 4.78 is 0. The maximum Gasteiger partial charge on any atom is 0.304 e. The molecule has 0 radical (unpaired) electrons. The van der Waals surface area contributed by atoms with E-state index in [1.54, 1.807) is 18.2 Å². The average molecular weight is 232 g/mol. The Morgan fingerprint density at radius 2 is 2.29 bits per heavy atom. The van der Waals surface area contributed by atoms with Gasteiger partial charge in [0.2, 0.25) is 0 Å². The highest BCUT2D eigenvalue weighted by Crippen LogP contribution is 2.28. The molecule has 5 heteroatoms. The first-order valence-corrected chi connectivity index (χ1v) is 5.35. The van der Waals surface area contributed by atoms with Crippen molar-refractivity contribution >= 4 is 35.0 Å². The largest absolute Gasteiger partial charge is 0.481 e. The highest BCUT2D eigenvalue weighted by atomic mass is 35.5. The zero-order chi connectivity index (χ0) is 10.6. The highest BCUT2D eigenvalue weighted by molar-refractivity contribution is 7.99. The van der Waals surface area contributed by atoms with Crippen LogP contribution in [0.3, 0.4) is 0 Å². The van der Waals surface area contributed by atoms with E-state index in [9.17, 15) is 4.79 Å². The summed E-state index contributed by atoms with van der Waals surface area (Å²) in [6, 6.07) is 5.16. The van der Waals surface area contributed by atoms with Crippen LogP contribution in [0.5, 0.6) is 0 Å². The molecule has 0 aliphatic heterocycles. The van der Waals surface area contributed by atoms with Crippen LogP contribution in [0.1, 0.15) is 6.42 Å². The molecule has 0 bridgehead atoms. The number of nitrogen functional groups attached to an aromatic ring is 1. The normalized spacial score (nSPS) is 10.1. The number of carboxylic acid groups (broad SMARTS) is 1. The summed E-state index contributed by atoms with van der Waals surface area (Å²) in [5, 5.41) is 9.05. The Labute approximate surface area is 91.2 Å². The van der Waals surface area contributed by atoms with Gasteiger partial charge in [-0.3, -0.25) is 4.79 Å². The molecule has 0 aliphatic carbocycles. The van der Waals surface area contributed by atoms with Gasteiger partial charge in [-0.05, 0) is 18.2 Å². The van der Waals surface area contributed by atoms with E-state index in [0.29, 0.717) is 16.5 Å². The summed E-state index contributed by atoms with van der Waals surface area (Å²) in [6.07, 6.45) is 0.122. The van der Waals surface area contributed by atoms with E-state index in [1.165, 1.54) is 11.8 Å². The molecule has 0 aliphatic rings. The van der Waals surface area contributed by atoms with E-state index in [-0.39, 0.29) is 6.42 Å². The molecule has 0 heterocycles. The van der Waals surface area contributed by atoms with Gasteiger partial charge in [0.15, 0.2) is 0 Å². The first kappa shape index (κ1) is 11.2. The highest BCUT2D eigenvalue weighted by Gasteiger charge is 2.02. The summed E-state index contributed by atoms with van der Waals surface area (Å²) >= 11 is 7.17. The summed E-state index contributed by atoms with van der Waals surface area (Å²) in [7, 11) is 0. The third-order valence-electron chi connectivity index (χ3n) is 1.55. The van der Waals surface area contributed by atoms with Crippen LogP contribution >= 0.6 is 23.4 Å². The molecule has 0 saturated heterocycles. The van der Waals surface area contributed by atoms with E-state index in [4.69, 9.17) is 22.4 Å². The molecule has 0 fully saturated rings. The Hall–Kier alpha value is -0.870. The van der Waals surface area contributed by atoms with E-state index in [2.05, 4.69) is 0 Å². The lowest BCUT2D eigenvalue weighted by Gasteiger charge is -2.04. The molecule has 0 atom stereocenters. The summed E-state index contributed by atoms with van der Waals surface area (Å²) in [4.78, 5) is 11.1. The Kier molecular flexibility index (Phi) is 4.10. The molecular weight excluding hydrogens is 222 g/mol. The van der Waals surface area contributed by atoms with Crippen molar-refractivity contribution in [3.63, 3.8) is 0 Å². The molecule has 0 amide bonds. The van der Waals surface area contributed by atoms with Gasteiger partial charge in [0.05, 0.1) is 6.42 Å². The Morgan fingerprint density at radius 3 is 2.93 bits per heavy atom. The van der Waals surface area contributed by atoms with Crippen LogP contribution in [-0.2, 0) is 4.79 Å². The molecule has 0 spiro atoms. The van der Waals surface area contributed by atoms with Crippen LogP contribution < -0.4 is 5.73 Å². The molecule has 14 heavy (non-hydrogen) atoms. The van der Waals surface area contributed by atoms with E-state index < -0.39 is 5.97 Å². The molecule has 3 N–H and O–H groups in total. The van der Waals surface area contributed by atoms with Gasteiger partial charge in [-0.15, -0.1) is 11.8 Å². The van der Waals surface area contributed by atoms with Crippen molar-refractivity contribution in [3.8, 4) is 0 Å². The topological polar surface area (TPSA) is 63.3 Å². The van der Waals surface area contributed by atoms with E-state index in [1.807, 2.05) is 0 Å². The van der Waals surface area contributed by atoms with Crippen LogP contribution in [0, 0.1) is 0 Å². The van der Waals surface area contributed by atoms with Gasteiger partial charge in [-0.25, -0.2) is 0 Å². The number of carbonyl (C=O) groups is 1. The molecule has 0 unspecified atom stereocenters. The minimum absolute atomic E-state index is 0.122. The summed E-state index contributed by atoms with van der Waals surface area (Å²) in [6.45, 7) is 0. The number of hydrogen-bond donors (Lipinski definition) is 2. The van der Waals surface area contributed by atoms with Gasteiger partial charge in [-0.1, -0.05) is 11.6 Å². The van der Waals surface area contributed by atoms with Crippen LogP contribution in [0.2, 0.25) is 5.02 Å². The van der Waals surface area contributed by atoms with Gasteiger partial charge in [0.1, 0.15) is 0 Å². The van der Waals surface area contributed by atoms with Gasteiger partial charge in [0.25, 0.3) is 0 Å². The quantitative estimate of drug-likeness (QED) is 0.617. The zero-order valence-corrected chi connectivity index (χ0v) is 8.94. The molecule has 76 valence electrons. The molecule has 1 aromatic rings. The lowest BCUT2D eigenvalue weighted by Crippen LogP contribution is -1.96. The fraction of sp³-hybridized carbons (Fsp3) is 0.222. The van der Waals surface area contributed by atoms with Crippen molar-refractivity contribution < 1.29 is 9.90 Å². The number of carboxylic acids is 1. The van der Waals surface area contributed by atoms with Crippen molar-refractivity contribution in [2.24, 2.45) is 0 Å². The first-order chi connectivity index (χ1) is 6.59. The first-order valence-electron chi connectivity index (χ1n) is 3.99. The molecule has 3 nitrogen and oxygen atoms in total. The van der Waals surface area contributed by atoms with Crippen molar-refractivity contribution in [1.82, 2.24) is 0 Å². The fourth-order valence-electron chi connectivity index (χ4n) is 0.882. The van der Waals surface area contributed by atoms with Gasteiger partial charge in [0, 0.05) is 21.4 Å². The number of benzene rings is 1. The number of halogens is 1. The summed E-state index contributed by atoms with van der Waals surface area (Å²) in [5.41, 5.74) is 6.31. The third kappa shape index (κ3) is 3.47. The number of thioether (sulfide) groups is 1. The van der Waals surface area contributed by atoms with Crippen LogP contribution in [0.4, 0.5) is 5.69 Å². The van der Waals surface area contributed by atoms with Crippen molar-refractivity contribution in [3.05, 3.63) is 23.2 Å². The lowest BCUT2D eigenvalue weighted by atomic mass is 10.3. The minimum atomic E-state index is -0.807. The second-order valence-electron chi connectivity index (χ2n) is 2.67. The fourth-order valence-corrected chi connectivity index (χ4v) is 2.06. The van der Waals surface area contributed by atoms with Crippen molar-refractivity contribution in [1.29, 1.82) is 0 Å². The predicted molar refractivity (Wildman–Crippen MR) is 58.8 cm³/mol. The van der Waals surface area contributed by atoms with E-state index in [0.717, 1.165) is 4.90 Å². The maximum absolute atomic E-state index is 10.3. The van der Waals surface area contributed by atoms with Crippen molar-refractivity contribution in [2.75, 3.05) is 11.5 Å². The smallest absolute Gasteiger partial charge is 0.304 e. The second-order valence-corrected chi connectivity index (χ2v) is 4.25. The van der Waals surface area contributed by atoms with Gasteiger partial charge in [-0.2, -0.15) is 0 Å². The molecule has 1 rings (SSSR count). The summed E-state index contributed by atoms with van der Waals surface area (Å²) in [5.74, 6) is -0.307. The van der Waals surface area contributed by atoms with Crippen LogP contribution in [-0.4, -0.2) is 16.8 Å². The van der Waals surface area contributed by atoms with Crippen molar-refractivity contribution in [2.45, 2.75) is 11.3 Å². The standard InChI is InChI=1S/C9H10ClNO2S/c10-6-1-2-7(11)8(5-6)14-4-3-9(12)13/h1-2,5H,3-4,11H2,(H,12,13). The number of anilines is 1. The third-order valence-corrected chi connectivity index (χ3v) is 2.86. The Morgan fingerprint density at radius 1 is 1.57 bits per heavy atom. The predicted octanol–water partition coefficient (Wildman–Crippen LogP) is 2.49. The second kappa shape index (κ2) is 5.12. The number of rotatable bonds is 4. The molecular formula is C9H10ClNO2S. The monoisotopic (exact) mass is 231 g/mol. The number of aliphatic carboxylic acids is 1. The number of hydrogen-bond acceptors (Lipinski definition) is 3. The molecule has 0 aromatic heterocycles.